The maximum Gasteiger partial charge on any atom is 1.00 e. The molecule has 3 N–H and O–H groups in total. The van der Waals surface area contributed by atoms with E-state index in [1.165, 1.54) is 0 Å². The topological polar surface area (TPSA) is 112 Å². The molecule has 1 unspecified atom stereocenters. The molecule has 0 aromatic rings. The number of nitrogens with one attached hydrogen (secondary N) is 1. The van der Waals surface area contributed by atoms with E-state index >= 15 is 0 Å². The first-order chi connectivity index (χ1) is 6.49. The number of carboxylic acids is 1. The fourth-order valence-corrected chi connectivity index (χ4v) is 0.856. The smallest absolute Gasteiger partial charge is 0.549 e. The van der Waals surface area contributed by atoms with Crippen LogP contribution in [0.3, 0.4) is 0 Å². The van der Waals surface area contributed by atoms with Crippen molar-refractivity contribution in [3.63, 3.8) is 0 Å². The van der Waals surface area contributed by atoms with E-state index in [1.54, 1.807) is 0 Å². The molecule has 0 aromatic carbocycles. The summed E-state index contributed by atoms with van der Waals surface area (Å²) >= 11 is 0. The summed E-state index contributed by atoms with van der Waals surface area (Å²) in [4.78, 5) is 32.0. The maximum absolute atomic E-state index is 11.1. The van der Waals surface area contributed by atoms with Crippen LogP contribution >= 0.6 is 0 Å². The van der Waals surface area contributed by atoms with Crippen LogP contribution in [0.4, 0.5) is 0 Å². The number of primary amides is 1. The van der Waals surface area contributed by atoms with E-state index in [0.717, 1.165) is 0 Å². The van der Waals surface area contributed by atoms with E-state index in [1.807, 2.05) is 6.92 Å². The zero-order valence-electron chi connectivity index (χ0n) is 8.91. The van der Waals surface area contributed by atoms with Gasteiger partial charge in [-0.15, -0.1) is 0 Å². The first-order valence-electron chi connectivity index (χ1n) is 4.25. The molecule has 6 nitrogen and oxygen atoms in total. The van der Waals surface area contributed by atoms with Gasteiger partial charge in [-0.25, -0.2) is 0 Å². The molecule has 0 saturated heterocycles. The zero-order chi connectivity index (χ0) is 11.1. The Bertz CT molecular complexity index is 245. The third kappa shape index (κ3) is 7.35. The molecule has 0 saturated carbocycles. The van der Waals surface area contributed by atoms with Crippen molar-refractivity contribution in [2.24, 2.45) is 11.7 Å². The second-order valence-corrected chi connectivity index (χ2v) is 2.83. The Labute approximate surface area is 110 Å². The van der Waals surface area contributed by atoms with Gasteiger partial charge in [-0.1, -0.05) is 6.92 Å². The van der Waals surface area contributed by atoms with E-state index < -0.39 is 30.1 Å². The van der Waals surface area contributed by atoms with Gasteiger partial charge in [0.2, 0.25) is 11.8 Å². The maximum atomic E-state index is 11.1. The number of hydrogen-bond acceptors (Lipinski definition) is 4. The fourth-order valence-electron chi connectivity index (χ4n) is 0.856. The van der Waals surface area contributed by atoms with Crippen molar-refractivity contribution >= 4 is 17.8 Å². The van der Waals surface area contributed by atoms with Gasteiger partial charge in [0.1, 0.15) is 0 Å². The van der Waals surface area contributed by atoms with Crippen molar-refractivity contribution < 1.29 is 49.0 Å². The SMILES string of the molecule is CCCNC(=O)C(CC(N)=O)C(=O)[O-].[Na+]. The van der Waals surface area contributed by atoms with Crippen LogP contribution in [0.15, 0.2) is 0 Å². The number of nitrogens with two attached hydrogens (primary N) is 1. The molecule has 7 heteroatoms. The molecule has 0 radical (unpaired) electrons. The molecule has 0 heterocycles. The van der Waals surface area contributed by atoms with Gasteiger partial charge in [0.15, 0.2) is 0 Å². The van der Waals surface area contributed by atoms with Gasteiger partial charge in [-0.05, 0) is 6.42 Å². The first kappa shape index (κ1) is 16.8. The molecule has 0 aliphatic heterocycles. The monoisotopic (exact) mass is 224 g/mol. The Balaban J connectivity index is 0. The van der Waals surface area contributed by atoms with Crippen molar-refractivity contribution in [3.8, 4) is 0 Å². The zero-order valence-corrected chi connectivity index (χ0v) is 10.9. The Hall–Kier alpha value is -0.590. The van der Waals surface area contributed by atoms with Gasteiger partial charge >= 0.3 is 29.6 Å². The molecule has 0 rings (SSSR count). The molecule has 1 atom stereocenters. The molecular weight excluding hydrogens is 211 g/mol. The minimum atomic E-state index is -1.59. The molecule has 15 heavy (non-hydrogen) atoms. The molecule has 0 spiro atoms. The predicted molar refractivity (Wildman–Crippen MR) is 45.6 cm³/mol. The molecule has 0 fully saturated rings. The molecule has 2 amide bonds. The van der Waals surface area contributed by atoms with Crippen molar-refractivity contribution in [1.29, 1.82) is 0 Å². The van der Waals surface area contributed by atoms with Crippen LogP contribution in [0, 0.1) is 5.92 Å². The van der Waals surface area contributed by atoms with Crippen LogP contribution in [0.2, 0.25) is 0 Å². The minimum Gasteiger partial charge on any atom is -0.549 e. The first-order valence-corrected chi connectivity index (χ1v) is 4.25. The van der Waals surface area contributed by atoms with Gasteiger partial charge < -0.3 is 21.0 Å². The number of amides is 2. The van der Waals surface area contributed by atoms with Gasteiger partial charge in [0.05, 0.1) is 11.9 Å². The minimum absolute atomic E-state index is 0. The number of carbonyl (C=O) groups excluding carboxylic acids is 3. The third-order valence-electron chi connectivity index (χ3n) is 1.56. The fraction of sp³-hybridized carbons (Fsp3) is 0.625. The predicted octanol–water partition coefficient (Wildman–Crippen LogP) is -5.24. The van der Waals surface area contributed by atoms with Crippen LogP contribution in [0.25, 0.3) is 0 Å². The Morgan fingerprint density at radius 3 is 2.27 bits per heavy atom. The number of carbonyl (C=O) groups is 3. The Kier molecular flexibility index (Phi) is 9.76. The van der Waals surface area contributed by atoms with Crippen molar-refractivity contribution in [1.82, 2.24) is 5.32 Å². The summed E-state index contributed by atoms with van der Waals surface area (Å²) in [5, 5.41) is 12.8. The number of rotatable bonds is 6. The summed E-state index contributed by atoms with van der Waals surface area (Å²) in [6.45, 7) is 2.18. The second kappa shape index (κ2) is 8.70. The quantitative estimate of drug-likeness (QED) is 0.346. The molecule has 0 aliphatic carbocycles. The molecule has 0 aromatic heterocycles. The van der Waals surface area contributed by atoms with E-state index in [2.05, 4.69) is 5.32 Å². The molecular formula is C8H13N2NaO4. The van der Waals surface area contributed by atoms with Crippen LogP contribution in [-0.4, -0.2) is 24.3 Å². The number of carboxylic acid groups (broad SMARTS) is 1. The van der Waals surface area contributed by atoms with E-state index in [4.69, 9.17) is 5.73 Å². The summed E-state index contributed by atoms with van der Waals surface area (Å²) in [6.07, 6.45) is 0.153. The molecule has 0 aliphatic rings. The van der Waals surface area contributed by atoms with Crippen LogP contribution in [0.5, 0.6) is 0 Å². The van der Waals surface area contributed by atoms with Crippen molar-refractivity contribution in [3.05, 3.63) is 0 Å². The van der Waals surface area contributed by atoms with Crippen LogP contribution in [0.1, 0.15) is 19.8 Å². The van der Waals surface area contributed by atoms with Crippen LogP contribution < -0.4 is 45.7 Å². The van der Waals surface area contributed by atoms with Gasteiger partial charge in [-0.2, -0.15) is 0 Å². The van der Waals surface area contributed by atoms with E-state index in [-0.39, 0.29) is 29.6 Å². The summed E-state index contributed by atoms with van der Waals surface area (Å²) in [7, 11) is 0. The average Bonchev–Trinajstić information content (AvgIpc) is 2.09. The van der Waals surface area contributed by atoms with Crippen molar-refractivity contribution in [2.45, 2.75) is 19.8 Å². The Morgan fingerprint density at radius 1 is 1.40 bits per heavy atom. The Morgan fingerprint density at radius 2 is 1.93 bits per heavy atom. The van der Waals surface area contributed by atoms with E-state index in [9.17, 15) is 19.5 Å². The summed E-state index contributed by atoms with van der Waals surface area (Å²) in [6, 6.07) is 0. The average molecular weight is 224 g/mol. The summed E-state index contributed by atoms with van der Waals surface area (Å²) < 4.78 is 0. The number of aliphatic carboxylic acids is 1. The van der Waals surface area contributed by atoms with Crippen LogP contribution in [-0.2, 0) is 14.4 Å². The molecule has 80 valence electrons. The van der Waals surface area contributed by atoms with Gasteiger partial charge in [0.25, 0.3) is 0 Å². The van der Waals surface area contributed by atoms with Crippen molar-refractivity contribution in [2.75, 3.05) is 6.54 Å². The molecule has 0 bridgehead atoms. The summed E-state index contributed by atoms with van der Waals surface area (Å²) in [5.41, 5.74) is 4.79. The third-order valence-corrected chi connectivity index (χ3v) is 1.56. The van der Waals surface area contributed by atoms with E-state index in [0.29, 0.717) is 13.0 Å². The summed E-state index contributed by atoms with van der Waals surface area (Å²) in [5.74, 6) is -4.65. The number of hydrogen-bond donors (Lipinski definition) is 2. The standard InChI is InChI=1S/C8H14N2O4.Na/c1-2-3-10-7(12)5(8(13)14)4-6(9)11;/h5H,2-4H2,1H3,(H2,9,11)(H,10,12)(H,13,14);/q;+1/p-1. The normalized spacial score (nSPS) is 11.0. The largest absolute Gasteiger partial charge is 1.00 e. The van der Waals surface area contributed by atoms with Gasteiger partial charge in [0, 0.05) is 13.0 Å². The van der Waals surface area contributed by atoms with Gasteiger partial charge in [-0.3, -0.25) is 9.59 Å². The second-order valence-electron chi connectivity index (χ2n) is 2.83.